The standard InChI is InChI=1S/C9H15N3O3/c1-15-6-8(13)11-2-3-12-7(5-11)4-10-9(12)14/h7H,2-6H2,1H3,(H,10,14). The summed E-state index contributed by atoms with van der Waals surface area (Å²) in [4.78, 5) is 26.4. The maximum absolute atomic E-state index is 11.5. The van der Waals surface area contributed by atoms with Gasteiger partial charge in [-0.15, -0.1) is 0 Å². The van der Waals surface area contributed by atoms with Gasteiger partial charge in [-0.1, -0.05) is 0 Å². The van der Waals surface area contributed by atoms with Gasteiger partial charge in [0.25, 0.3) is 0 Å². The summed E-state index contributed by atoms with van der Waals surface area (Å²) in [6.45, 7) is 2.59. The Kier molecular flexibility index (Phi) is 2.77. The lowest BCUT2D eigenvalue weighted by atomic mass is 10.2. The highest BCUT2D eigenvalue weighted by molar-refractivity contribution is 5.80. The van der Waals surface area contributed by atoms with E-state index >= 15 is 0 Å². The Morgan fingerprint density at radius 1 is 1.60 bits per heavy atom. The van der Waals surface area contributed by atoms with E-state index in [1.165, 1.54) is 7.11 Å². The van der Waals surface area contributed by atoms with Crippen LogP contribution in [-0.4, -0.2) is 67.7 Å². The van der Waals surface area contributed by atoms with E-state index < -0.39 is 0 Å². The number of rotatable bonds is 2. The smallest absolute Gasteiger partial charge is 0.317 e. The van der Waals surface area contributed by atoms with E-state index in [1.54, 1.807) is 9.80 Å². The van der Waals surface area contributed by atoms with Crippen LogP contribution in [0.25, 0.3) is 0 Å². The Balaban J connectivity index is 1.93. The molecule has 0 radical (unpaired) electrons. The average Bonchev–Trinajstić information content (AvgIpc) is 2.60. The molecule has 1 N–H and O–H groups in total. The minimum atomic E-state index is -0.0150. The number of carbonyl (C=O) groups is 2. The molecule has 1 unspecified atom stereocenters. The van der Waals surface area contributed by atoms with Crippen LogP contribution in [0.1, 0.15) is 0 Å². The second kappa shape index (κ2) is 4.06. The summed E-state index contributed by atoms with van der Waals surface area (Å²) < 4.78 is 4.80. The fraction of sp³-hybridized carbons (Fsp3) is 0.778. The van der Waals surface area contributed by atoms with Crippen molar-refractivity contribution in [2.24, 2.45) is 0 Å². The van der Waals surface area contributed by atoms with Gasteiger partial charge in [0.05, 0.1) is 6.04 Å². The number of amides is 3. The summed E-state index contributed by atoms with van der Waals surface area (Å²) in [5.41, 5.74) is 0. The van der Waals surface area contributed by atoms with Gasteiger partial charge in [0, 0.05) is 33.3 Å². The number of carbonyl (C=O) groups excluding carboxylic acids is 2. The third-order valence-electron chi connectivity index (χ3n) is 2.85. The van der Waals surface area contributed by atoms with Gasteiger partial charge in [0.15, 0.2) is 0 Å². The number of nitrogens with zero attached hydrogens (tertiary/aromatic N) is 2. The molecule has 0 aromatic heterocycles. The average molecular weight is 213 g/mol. The number of fused-ring (bicyclic) bond motifs is 1. The third kappa shape index (κ3) is 1.90. The van der Waals surface area contributed by atoms with Crippen molar-refractivity contribution in [1.29, 1.82) is 0 Å². The monoisotopic (exact) mass is 213 g/mol. The van der Waals surface area contributed by atoms with Gasteiger partial charge in [-0.3, -0.25) is 4.79 Å². The molecule has 0 aromatic rings. The second-order valence-electron chi connectivity index (χ2n) is 3.81. The van der Waals surface area contributed by atoms with Crippen LogP contribution in [0.3, 0.4) is 0 Å². The van der Waals surface area contributed by atoms with Gasteiger partial charge < -0.3 is 19.9 Å². The molecule has 2 saturated heterocycles. The Hall–Kier alpha value is -1.30. The van der Waals surface area contributed by atoms with Crippen LogP contribution in [0.4, 0.5) is 4.79 Å². The largest absolute Gasteiger partial charge is 0.375 e. The molecule has 0 spiro atoms. The van der Waals surface area contributed by atoms with Crippen molar-refractivity contribution in [3.05, 3.63) is 0 Å². The molecule has 0 bridgehead atoms. The van der Waals surface area contributed by atoms with Crippen LogP contribution in [0.2, 0.25) is 0 Å². The van der Waals surface area contributed by atoms with Gasteiger partial charge in [0.1, 0.15) is 6.61 Å². The summed E-state index contributed by atoms with van der Waals surface area (Å²) in [6, 6.07) is 0.117. The zero-order valence-electron chi connectivity index (χ0n) is 8.73. The van der Waals surface area contributed by atoms with Crippen LogP contribution < -0.4 is 5.32 Å². The number of hydrogen-bond acceptors (Lipinski definition) is 3. The van der Waals surface area contributed by atoms with Gasteiger partial charge in [0.2, 0.25) is 5.91 Å². The predicted molar refractivity (Wildman–Crippen MR) is 52.3 cm³/mol. The van der Waals surface area contributed by atoms with E-state index in [1.807, 2.05) is 0 Å². The summed E-state index contributed by atoms with van der Waals surface area (Å²) in [6.07, 6.45) is 0. The molecule has 0 saturated carbocycles. The molecule has 0 aromatic carbocycles. The highest BCUT2D eigenvalue weighted by Crippen LogP contribution is 2.14. The van der Waals surface area contributed by atoms with Crippen LogP contribution in [-0.2, 0) is 9.53 Å². The maximum atomic E-state index is 11.5. The molecule has 15 heavy (non-hydrogen) atoms. The minimum Gasteiger partial charge on any atom is -0.375 e. The topological polar surface area (TPSA) is 61.9 Å². The van der Waals surface area contributed by atoms with Crippen molar-refractivity contribution < 1.29 is 14.3 Å². The zero-order valence-corrected chi connectivity index (χ0v) is 8.73. The Morgan fingerprint density at radius 3 is 3.13 bits per heavy atom. The van der Waals surface area contributed by atoms with E-state index in [-0.39, 0.29) is 24.6 Å². The SMILES string of the molecule is COCC(=O)N1CCN2C(=O)NCC2C1. The Labute approximate surface area is 88.2 Å². The lowest BCUT2D eigenvalue weighted by Gasteiger charge is -2.36. The molecule has 2 fully saturated rings. The van der Waals surface area contributed by atoms with Crippen molar-refractivity contribution in [2.75, 3.05) is 39.9 Å². The number of methoxy groups -OCH3 is 1. The molecule has 2 aliphatic rings. The molecule has 2 rings (SSSR count). The maximum Gasteiger partial charge on any atom is 0.317 e. The lowest BCUT2D eigenvalue weighted by molar-refractivity contribution is -0.137. The molecule has 0 aliphatic carbocycles. The van der Waals surface area contributed by atoms with Crippen molar-refractivity contribution in [3.8, 4) is 0 Å². The first-order valence-corrected chi connectivity index (χ1v) is 5.03. The first kappa shape index (κ1) is 10.2. The first-order chi connectivity index (χ1) is 7.22. The van der Waals surface area contributed by atoms with E-state index in [2.05, 4.69) is 5.32 Å². The van der Waals surface area contributed by atoms with Gasteiger partial charge in [-0.05, 0) is 0 Å². The number of hydrogen-bond donors (Lipinski definition) is 1. The zero-order chi connectivity index (χ0) is 10.8. The third-order valence-corrected chi connectivity index (χ3v) is 2.85. The molecular formula is C9H15N3O3. The summed E-state index contributed by atoms with van der Waals surface area (Å²) in [7, 11) is 1.51. The first-order valence-electron chi connectivity index (χ1n) is 5.03. The lowest BCUT2D eigenvalue weighted by Crippen LogP contribution is -2.54. The Morgan fingerprint density at radius 2 is 2.40 bits per heavy atom. The van der Waals surface area contributed by atoms with Crippen LogP contribution in [0.15, 0.2) is 0 Å². The normalized spacial score (nSPS) is 25.1. The van der Waals surface area contributed by atoms with Crippen LogP contribution in [0.5, 0.6) is 0 Å². The van der Waals surface area contributed by atoms with Gasteiger partial charge in [-0.2, -0.15) is 0 Å². The molecule has 2 heterocycles. The molecular weight excluding hydrogens is 198 g/mol. The predicted octanol–water partition coefficient (Wildman–Crippen LogP) is -1.13. The van der Waals surface area contributed by atoms with E-state index in [0.29, 0.717) is 26.2 Å². The highest BCUT2D eigenvalue weighted by Gasteiger charge is 2.36. The Bertz CT molecular complexity index is 282. The fourth-order valence-electron chi connectivity index (χ4n) is 2.05. The highest BCUT2D eigenvalue weighted by atomic mass is 16.5. The second-order valence-corrected chi connectivity index (χ2v) is 3.81. The van der Waals surface area contributed by atoms with Crippen LogP contribution >= 0.6 is 0 Å². The summed E-state index contributed by atoms with van der Waals surface area (Å²) >= 11 is 0. The number of piperazine rings is 1. The van der Waals surface area contributed by atoms with Crippen molar-refractivity contribution in [3.63, 3.8) is 0 Å². The van der Waals surface area contributed by atoms with E-state index in [9.17, 15) is 9.59 Å². The molecule has 84 valence electrons. The summed E-state index contributed by atoms with van der Waals surface area (Å²) in [5, 5.41) is 2.77. The molecule has 2 aliphatic heterocycles. The quantitative estimate of drug-likeness (QED) is 0.631. The molecule has 1 atom stereocenters. The van der Waals surface area contributed by atoms with E-state index in [0.717, 1.165) is 0 Å². The minimum absolute atomic E-state index is 0.00324. The van der Waals surface area contributed by atoms with Crippen molar-refractivity contribution in [2.45, 2.75) is 6.04 Å². The molecule has 3 amide bonds. The van der Waals surface area contributed by atoms with Gasteiger partial charge in [-0.25, -0.2) is 4.79 Å². The molecule has 6 nitrogen and oxygen atoms in total. The number of ether oxygens (including phenoxy) is 1. The number of nitrogens with one attached hydrogen (secondary N) is 1. The van der Waals surface area contributed by atoms with Crippen molar-refractivity contribution >= 4 is 11.9 Å². The van der Waals surface area contributed by atoms with Crippen LogP contribution in [0, 0.1) is 0 Å². The number of urea groups is 1. The van der Waals surface area contributed by atoms with E-state index in [4.69, 9.17) is 4.74 Å². The fourth-order valence-corrected chi connectivity index (χ4v) is 2.05. The molecule has 6 heteroatoms. The van der Waals surface area contributed by atoms with Crippen molar-refractivity contribution in [1.82, 2.24) is 15.1 Å². The summed E-state index contributed by atoms with van der Waals surface area (Å²) in [5.74, 6) is -0.00324. The van der Waals surface area contributed by atoms with Gasteiger partial charge >= 0.3 is 6.03 Å².